The molecule has 0 N–H and O–H groups in total. The Morgan fingerprint density at radius 1 is 1.16 bits per heavy atom. The molecule has 1 amide bonds. The van der Waals surface area contributed by atoms with Gasteiger partial charge in [-0.25, -0.2) is 4.98 Å². The van der Waals surface area contributed by atoms with E-state index in [1.54, 1.807) is 23.2 Å². The molecule has 3 rings (SSSR count). The Bertz CT molecular complexity index is 851. The zero-order valence-electron chi connectivity index (χ0n) is 13.7. The number of amides is 1. The van der Waals surface area contributed by atoms with E-state index in [9.17, 15) is 4.79 Å². The predicted molar refractivity (Wildman–Crippen MR) is 100 cm³/mol. The summed E-state index contributed by atoms with van der Waals surface area (Å²) < 4.78 is 6.52. The molecule has 0 unspecified atom stereocenters. The van der Waals surface area contributed by atoms with Gasteiger partial charge in [0.15, 0.2) is 0 Å². The molecule has 0 saturated heterocycles. The number of ether oxygens (including phenoxy) is 1. The molecule has 0 saturated carbocycles. The van der Waals surface area contributed by atoms with Crippen molar-refractivity contribution in [1.82, 2.24) is 9.88 Å². The highest BCUT2D eigenvalue weighted by atomic mass is 35.5. The van der Waals surface area contributed by atoms with Crippen LogP contribution in [0.1, 0.15) is 22.2 Å². The molecule has 3 aromatic rings. The first-order valence-corrected chi connectivity index (χ1v) is 9.08. The second kappa shape index (κ2) is 8.14. The Labute approximate surface area is 155 Å². The van der Waals surface area contributed by atoms with Gasteiger partial charge in [0.25, 0.3) is 5.91 Å². The van der Waals surface area contributed by atoms with Crippen LogP contribution < -0.4 is 4.74 Å². The summed E-state index contributed by atoms with van der Waals surface area (Å²) in [5.74, 6) is 0.829. The third-order valence-corrected chi connectivity index (χ3v) is 4.82. The number of carbonyl (C=O) groups is 1. The van der Waals surface area contributed by atoms with Crippen molar-refractivity contribution >= 4 is 28.8 Å². The number of pyridine rings is 1. The summed E-state index contributed by atoms with van der Waals surface area (Å²) in [5.41, 5.74) is 0.441. The molecule has 2 aromatic heterocycles. The molecule has 6 heteroatoms. The number of nitrogens with zero attached hydrogens (tertiary/aromatic N) is 2. The smallest absolute Gasteiger partial charge is 0.259 e. The Balaban J connectivity index is 1.83. The molecular formula is C19H17ClN2O2S. The van der Waals surface area contributed by atoms with E-state index in [-0.39, 0.29) is 5.91 Å². The fraction of sp³-hybridized carbons (Fsp3) is 0.158. The zero-order chi connectivity index (χ0) is 17.6. The number of aromatic nitrogens is 1. The van der Waals surface area contributed by atoms with Gasteiger partial charge < -0.3 is 9.64 Å². The Morgan fingerprint density at radius 2 is 1.96 bits per heavy atom. The van der Waals surface area contributed by atoms with Crippen molar-refractivity contribution < 1.29 is 9.53 Å². The lowest BCUT2D eigenvalue weighted by atomic mass is 10.2. The average molecular weight is 373 g/mol. The van der Waals surface area contributed by atoms with Gasteiger partial charge >= 0.3 is 0 Å². The molecule has 128 valence electrons. The SMILES string of the molecule is CCN(Cc1ccc(Cl)s1)C(=O)c1cccnc1Oc1ccccc1. The fourth-order valence-electron chi connectivity index (χ4n) is 2.36. The molecule has 0 radical (unpaired) electrons. The van der Waals surface area contributed by atoms with E-state index in [2.05, 4.69) is 4.98 Å². The molecule has 0 aliphatic heterocycles. The first-order valence-electron chi connectivity index (χ1n) is 7.88. The van der Waals surface area contributed by atoms with Crippen molar-refractivity contribution in [3.8, 4) is 11.6 Å². The van der Waals surface area contributed by atoms with Gasteiger partial charge in [-0.05, 0) is 43.3 Å². The van der Waals surface area contributed by atoms with E-state index in [0.29, 0.717) is 34.6 Å². The van der Waals surface area contributed by atoms with Crippen molar-refractivity contribution in [2.45, 2.75) is 13.5 Å². The van der Waals surface area contributed by atoms with Crippen LogP contribution in [0, 0.1) is 0 Å². The van der Waals surface area contributed by atoms with Crippen LogP contribution in [0.5, 0.6) is 11.6 Å². The normalized spacial score (nSPS) is 10.5. The first-order chi connectivity index (χ1) is 12.2. The fourth-order valence-corrected chi connectivity index (χ4v) is 3.46. The van der Waals surface area contributed by atoms with Crippen molar-refractivity contribution in [3.63, 3.8) is 0 Å². The summed E-state index contributed by atoms with van der Waals surface area (Å²) in [4.78, 5) is 20.0. The van der Waals surface area contributed by atoms with Crippen molar-refractivity contribution in [2.75, 3.05) is 6.54 Å². The van der Waals surface area contributed by atoms with Crippen LogP contribution in [-0.4, -0.2) is 22.3 Å². The van der Waals surface area contributed by atoms with Gasteiger partial charge in [-0.3, -0.25) is 4.79 Å². The van der Waals surface area contributed by atoms with E-state index in [1.165, 1.54) is 11.3 Å². The standard InChI is InChI=1S/C19H17ClN2O2S/c1-2-22(13-15-10-11-17(20)25-15)19(23)16-9-6-12-21-18(16)24-14-7-4-3-5-8-14/h3-12H,2,13H2,1H3. The molecule has 25 heavy (non-hydrogen) atoms. The number of hydrogen-bond acceptors (Lipinski definition) is 4. The maximum absolute atomic E-state index is 13.0. The Kier molecular flexibility index (Phi) is 5.68. The van der Waals surface area contributed by atoms with Crippen LogP contribution in [0.25, 0.3) is 0 Å². The summed E-state index contributed by atoms with van der Waals surface area (Å²) in [6.45, 7) is 3.03. The van der Waals surface area contributed by atoms with Crippen LogP contribution in [0.2, 0.25) is 4.34 Å². The highest BCUT2D eigenvalue weighted by Crippen LogP contribution is 2.26. The zero-order valence-corrected chi connectivity index (χ0v) is 15.3. The molecule has 0 aliphatic rings. The van der Waals surface area contributed by atoms with Crippen molar-refractivity contribution in [3.05, 3.63) is 75.6 Å². The van der Waals surface area contributed by atoms with Gasteiger partial charge in [0.2, 0.25) is 5.88 Å². The first kappa shape index (κ1) is 17.5. The van der Waals surface area contributed by atoms with Crippen LogP contribution in [0.4, 0.5) is 0 Å². The molecule has 0 fully saturated rings. The lowest BCUT2D eigenvalue weighted by Gasteiger charge is -2.21. The minimum absolute atomic E-state index is 0.119. The topological polar surface area (TPSA) is 42.4 Å². The van der Waals surface area contributed by atoms with Crippen molar-refractivity contribution in [1.29, 1.82) is 0 Å². The van der Waals surface area contributed by atoms with Gasteiger partial charge in [0, 0.05) is 17.6 Å². The Hall–Kier alpha value is -2.37. The Morgan fingerprint density at radius 3 is 2.64 bits per heavy atom. The van der Waals surface area contributed by atoms with E-state index >= 15 is 0 Å². The number of thiophene rings is 1. The summed E-state index contributed by atoms with van der Waals surface area (Å²) in [5, 5.41) is 0. The largest absolute Gasteiger partial charge is 0.438 e. The lowest BCUT2D eigenvalue weighted by molar-refractivity contribution is 0.0751. The monoisotopic (exact) mass is 372 g/mol. The van der Waals surface area contributed by atoms with Gasteiger partial charge in [0.1, 0.15) is 11.3 Å². The van der Waals surface area contributed by atoms with E-state index in [4.69, 9.17) is 16.3 Å². The maximum atomic E-state index is 13.0. The number of hydrogen-bond donors (Lipinski definition) is 0. The van der Waals surface area contributed by atoms with Crippen molar-refractivity contribution in [2.24, 2.45) is 0 Å². The summed E-state index contributed by atoms with van der Waals surface area (Å²) in [6, 6.07) is 16.6. The van der Waals surface area contributed by atoms with Crippen LogP contribution in [0.3, 0.4) is 0 Å². The van der Waals surface area contributed by atoms with Gasteiger partial charge in [-0.2, -0.15) is 0 Å². The number of para-hydroxylation sites is 1. The van der Waals surface area contributed by atoms with Gasteiger partial charge in [-0.15, -0.1) is 11.3 Å². The van der Waals surface area contributed by atoms with E-state index in [1.807, 2.05) is 49.4 Å². The number of rotatable bonds is 6. The van der Waals surface area contributed by atoms with Gasteiger partial charge in [0.05, 0.1) is 10.9 Å². The number of benzene rings is 1. The van der Waals surface area contributed by atoms with Crippen LogP contribution >= 0.6 is 22.9 Å². The molecule has 0 spiro atoms. The summed E-state index contributed by atoms with van der Waals surface area (Å²) in [7, 11) is 0. The molecule has 1 aromatic carbocycles. The van der Waals surface area contributed by atoms with Gasteiger partial charge in [-0.1, -0.05) is 29.8 Å². The second-order valence-electron chi connectivity index (χ2n) is 5.30. The molecule has 0 aliphatic carbocycles. The lowest BCUT2D eigenvalue weighted by Crippen LogP contribution is -2.30. The molecule has 0 bridgehead atoms. The summed E-state index contributed by atoms with van der Waals surface area (Å²) >= 11 is 7.46. The molecule has 2 heterocycles. The minimum Gasteiger partial charge on any atom is -0.438 e. The number of halogens is 1. The minimum atomic E-state index is -0.119. The average Bonchev–Trinajstić information content (AvgIpc) is 3.05. The van der Waals surface area contributed by atoms with Crippen LogP contribution in [-0.2, 0) is 6.54 Å². The third kappa shape index (κ3) is 4.38. The second-order valence-corrected chi connectivity index (χ2v) is 7.10. The highest BCUT2D eigenvalue weighted by Gasteiger charge is 2.20. The summed E-state index contributed by atoms with van der Waals surface area (Å²) in [6.07, 6.45) is 1.62. The predicted octanol–water partition coefficient (Wildman–Crippen LogP) is 5.25. The third-order valence-electron chi connectivity index (χ3n) is 3.60. The molecule has 4 nitrogen and oxygen atoms in total. The van der Waals surface area contributed by atoms with E-state index in [0.717, 1.165) is 4.88 Å². The number of carbonyl (C=O) groups excluding carboxylic acids is 1. The quantitative estimate of drug-likeness (QED) is 0.593. The molecule has 0 atom stereocenters. The highest BCUT2D eigenvalue weighted by molar-refractivity contribution is 7.16. The van der Waals surface area contributed by atoms with Crippen LogP contribution in [0.15, 0.2) is 60.8 Å². The molecular weight excluding hydrogens is 356 g/mol. The van der Waals surface area contributed by atoms with E-state index < -0.39 is 0 Å². The maximum Gasteiger partial charge on any atom is 0.259 e.